The molecule has 1 saturated carbocycles. The average molecular weight is 296 g/mol. The summed E-state index contributed by atoms with van der Waals surface area (Å²) in [5.41, 5.74) is 2.44. The highest BCUT2D eigenvalue weighted by Gasteiger charge is 2.35. The van der Waals surface area contributed by atoms with Crippen molar-refractivity contribution in [2.75, 3.05) is 6.54 Å². The van der Waals surface area contributed by atoms with Gasteiger partial charge in [0.05, 0.1) is 5.60 Å². The lowest BCUT2D eigenvalue weighted by molar-refractivity contribution is -0.0332. The number of hydrogen-bond acceptors (Lipinski definition) is 2. The molecule has 17 heavy (non-hydrogen) atoms. The molecular weight excluding hydrogens is 278 g/mol. The third-order valence-electron chi connectivity index (χ3n) is 4.14. The molecule has 0 heterocycles. The van der Waals surface area contributed by atoms with E-state index in [2.05, 4.69) is 39.4 Å². The Morgan fingerprint density at radius 2 is 2.24 bits per heavy atom. The molecule has 0 aromatic heterocycles. The molecule has 92 valence electrons. The number of rotatable bonds is 3. The highest BCUT2D eigenvalue weighted by molar-refractivity contribution is 9.10. The predicted molar refractivity (Wildman–Crippen MR) is 72.0 cm³/mol. The fraction of sp³-hybridized carbons (Fsp3) is 0.571. The predicted octanol–water partition coefficient (Wildman–Crippen LogP) is 2.94. The van der Waals surface area contributed by atoms with Crippen molar-refractivity contribution in [2.45, 2.75) is 43.7 Å². The Morgan fingerprint density at radius 1 is 1.41 bits per heavy atom. The van der Waals surface area contributed by atoms with Gasteiger partial charge in [-0.1, -0.05) is 22.0 Å². The van der Waals surface area contributed by atoms with Crippen LogP contribution in [0.15, 0.2) is 22.7 Å². The standard InChI is InChI=1S/C14H18BrNO/c15-11-3-4-12-10(8-11)2-5-13(12)16-9-14(17)6-1-7-14/h3-4,8,13,16-17H,1-2,5-7,9H2. The number of fused-ring (bicyclic) bond motifs is 1. The molecule has 3 rings (SSSR count). The van der Waals surface area contributed by atoms with Crippen LogP contribution in [0.5, 0.6) is 0 Å². The maximum atomic E-state index is 10.1. The van der Waals surface area contributed by atoms with Gasteiger partial charge in [-0.2, -0.15) is 0 Å². The second kappa shape index (κ2) is 4.38. The van der Waals surface area contributed by atoms with Crippen LogP contribution in [0.2, 0.25) is 0 Å². The number of nitrogens with one attached hydrogen (secondary N) is 1. The highest BCUT2D eigenvalue weighted by Crippen LogP contribution is 2.35. The van der Waals surface area contributed by atoms with Crippen molar-refractivity contribution in [2.24, 2.45) is 0 Å². The van der Waals surface area contributed by atoms with Crippen LogP contribution in [0.25, 0.3) is 0 Å². The lowest BCUT2D eigenvalue weighted by atomic mass is 9.80. The van der Waals surface area contributed by atoms with Gasteiger partial charge in [-0.15, -0.1) is 0 Å². The summed E-state index contributed by atoms with van der Waals surface area (Å²) in [7, 11) is 0. The minimum atomic E-state index is -0.419. The van der Waals surface area contributed by atoms with Crippen LogP contribution < -0.4 is 5.32 Å². The van der Waals surface area contributed by atoms with Gasteiger partial charge in [-0.05, 0) is 55.4 Å². The lowest BCUT2D eigenvalue weighted by Gasteiger charge is -2.37. The SMILES string of the molecule is OC1(CNC2CCc3cc(Br)ccc32)CCC1. The number of aryl methyl sites for hydroxylation is 1. The third kappa shape index (κ3) is 2.28. The topological polar surface area (TPSA) is 32.3 Å². The van der Waals surface area contributed by atoms with Crippen molar-refractivity contribution in [3.05, 3.63) is 33.8 Å². The molecule has 0 aliphatic heterocycles. The monoisotopic (exact) mass is 295 g/mol. The van der Waals surface area contributed by atoms with E-state index in [9.17, 15) is 5.11 Å². The van der Waals surface area contributed by atoms with Gasteiger partial charge in [0.25, 0.3) is 0 Å². The first-order valence-corrected chi connectivity index (χ1v) is 7.20. The molecule has 2 aliphatic carbocycles. The second-order valence-electron chi connectivity index (χ2n) is 5.39. The van der Waals surface area contributed by atoms with Crippen molar-refractivity contribution in [1.82, 2.24) is 5.32 Å². The van der Waals surface area contributed by atoms with Crippen molar-refractivity contribution >= 4 is 15.9 Å². The van der Waals surface area contributed by atoms with E-state index in [4.69, 9.17) is 0 Å². The Labute approximate surface area is 111 Å². The molecule has 0 bridgehead atoms. The first kappa shape index (κ1) is 11.7. The van der Waals surface area contributed by atoms with E-state index < -0.39 is 5.60 Å². The van der Waals surface area contributed by atoms with Crippen LogP contribution in [0.4, 0.5) is 0 Å². The molecule has 2 aliphatic rings. The van der Waals surface area contributed by atoms with Crippen LogP contribution in [-0.2, 0) is 6.42 Å². The van der Waals surface area contributed by atoms with Crippen LogP contribution in [0.1, 0.15) is 42.9 Å². The first-order chi connectivity index (χ1) is 8.16. The fourth-order valence-corrected chi connectivity index (χ4v) is 3.28. The van der Waals surface area contributed by atoms with Crippen LogP contribution >= 0.6 is 15.9 Å². The van der Waals surface area contributed by atoms with Crippen LogP contribution in [0.3, 0.4) is 0 Å². The number of hydrogen-bond donors (Lipinski definition) is 2. The Balaban J connectivity index is 1.67. The lowest BCUT2D eigenvalue weighted by Crippen LogP contribution is -2.46. The Bertz CT molecular complexity index is 428. The van der Waals surface area contributed by atoms with E-state index in [-0.39, 0.29) is 0 Å². The zero-order chi connectivity index (χ0) is 11.9. The summed E-state index contributed by atoms with van der Waals surface area (Å²) < 4.78 is 1.16. The molecule has 1 atom stereocenters. The van der Waals surface area contributed by atoms with Crippen molar-refractivity contribution in [3.63, 3.8) is 0 Å². The van der Waals surface area contributed by atoms with Gasteiger partial charge in [0.1, 0.15) is 0 Å². The Kier molecular flexibility index (Phi) is 3.01. The van der Waals surface area contributed by atoms with E-state index in [1.165, 1.54) is 17.5 Å². The molecule has 1 unspecified atom stereocenters. The second-order valence-corrected chi connectivity index (χ2v) is 6.31. The van der Waals surface area contributed by atoms with E-state index in [0.717, 1.165) is 36.7 Å². The summed E-state index contributed by atoms with van der Waals surface area (Å²) in [6.45, 7) is 0.743. The summed E-state index contributed by atoms with van der Waals surface area (Å²) >= 11 is 3.52. The molecule has 3 heteroatoms. The van der Waals surface area contributed by atoms with Gasteiger partial charge in [0.2, 0.25) is 0 Å². The molecule has 1 aromatic rings. The minimum Gasteiger partial charge on any atom is -0.389 e. The van der Waals surface area contributed by atoms with Gasteiger partial charge in [0.15, 0.2) is 0 Å². The van der Waals surface area contributed by atoms with Crippen molar-refractivity contribution < 1.29 is 5.11 Å². The van der Waals surface area contributed by atoms with E-state index in [1.54, 1.807) is 0 Å². The number of aliphatic hydroxyl groups is 1. The van der Waals surface area contributed by atoms with Gasteiger partial charge >= 0.3 is 0 Å². The normalized spacial score (nSPS) is 25.4. The van der Waals surface area contributed by atoms with Gasteiger partial charge in [0, 0.05) is 17.1 Å². The molecule has 0 amide bonds. The average Bonchev–Trinajstić information content (AvgIpc) is 2.66. The molecule has 0 radical (unpaired) electrons. The number of benzene rings is 1. The molecule has 2 N–H and O–H groups in total. The van der Waals surface area contributed by atoms with Crippen molar-refractivity contribution in [3.8, 4) is 0 Å². The maximum absolute atomic E-state index is 10.1. The molecular formula is C14H18BrNO. The van der Waals surface area contributed by atoms with E-state index in [0.29, 0.717) is 6.04 Å². The minimum absolute atomic E-state index is 0.419. The van der Waals surface area contributed by atoms with E-state index in [1.807, 2.05) is 0 Å². The molecule has 1 fully saturated rings. The summed E-state index contributed by atoms with van der Waals surface area (Å²) in [5.74, 6) is 0. The summed E-state index contributed by atoms with van der Waals surface area (Å²) in [4.78, 5) is 0. The Morgan fingerprint density at radius 3 is 2.94 bits per heavy atom. The zero-order valence-corrected chi connectivity index (χ0v) is 11.5. The Hall–Kier alpha value is -0.380. The quantitative estimate of drug-likeness (QED) is 0.899. The fourth-order valence-electron chi connectivity index (χ4n) is 2.87. The summed E-state index contributed by atoms with van der Waals surface area (Å²) in [6.07, 6.45) is 5.39. The third-order valence-corrected chi connectivity index (χ3v) is 4.64. The molecule has 1 aromatic carbocycles. The molecule has 0 saturated heterocycles. The zero-order valence-electron chi connectivity index (χ0n) is 9.88. The molecule has 0 spiro atoms. The largest absolute Gasteiger partial charge is 0.389 e. The van der Waals surface area contributed by atoms with Crippen LogP contribution in [-0.4, -0.2) is 17.3 Å². The first-order valence-electron chi connectivity index (χ1n) is 6.40. The smallest absolute Gasteiger partial charge is 0.0771 e. The van der Waals surface area contributed by atoms with Crippen LogP contribution in [0, 0.1) is 0 Å². The summed E-state index contributed by atoms with van der Waals surface area (Å²) in [6, 6.07) is 6.96. The highest BCUT2D eigenvalue weighted by atomic mass is 79.9. The summed E-state index contributed by atoms with van der Waals surface area (Å²) in [5, 5.41) is 13.6. The van der Waals surface area contributed by atoms with Gasteiger partial charge in [-0.25, -0.2) is 0 Å². The van der Waals surface area contributed by atoms with Crippen molar-refractivity contribution in [1.29, 1.82) is 0 Å². The maximum Gasteiger partial charge on any atom is 0.0771 e. The number of halogens is 1. The van der Waals surface area contributed by atoms with Gasteiger partial charge < -0.3 is 10.4 Å². The van der Waals surface area contributed by atoms with Gasteiger partial charge in [-0.3, -0.25) is 0 Å². The van der Waals surface area contributed by atoms with E-state index >= 15 is 0 Å². The molecule has 2 nitrogen and oxygen atoms in total.